The molecule has 30 heavy (non-hydrogen) atoms. The highest BCUT2D eigenvalue weighted by molar-refractivity contribution is 6.06. The molecule has 0 spiro atoms. The molecule has 0 aliphatic carbocycles. The molecule has 1 unspecified atom stereocenters. The average molecular weight is 414 g/mol. The molecule has 1 aromatic heterocycles. The Labute approximate surface area is 168 Å². The van der Waals surface area contributed by atoms with E-state index in [1.54, 1.807) is 24.3 Å². The number of nitrogens with one attached hydrogen (secondary N) is 2. The fourth-order valence-electron chi connectivity index (χ4n) is 3.72. The van der Waals surface area contributed by atoms with Gasteiger partial charge >= 0.3 is 6.18 Å². The van der Waals surface area contributed by atoms with Gasteiger partial charge in [-0.05, 0) is 35.9 Å². The monoisotopic (exact) mass is 414 g/mol. The normalized spacial score (nSPS) is 17.4. The van der Waals surface area contributed by atoms with Crippen molar-refractivity contribution < 1.29 is 22.4 Å². The van der Waals surface area contributed by atoms with Crippen LogP contribution in [0.15, 0.2) is 54.7 Å². The van der Waals surface area contributed by atoms with Gasteiger partial charge in [-0.2, -0.15) is 13.2 Å². The Morgan fingerprint density at radius 1 is 1.00 bits per heavy atom. The summed E-state index contributed by atoms with van der Waals surface area (Å²) in [5, 5.41) is 6.16. The summed E-state index contributed by atoms with van der Waals surface area (Å²) in [6, 6.07) is 11.7. The van der Waals surface area contributed by atoms with Crippen molar-refractivity contribution in [2.45, 2.75) is 18.8 Å². The summed E-state index contributed by atoms with van der Waals surface area (Å²) in [6.45, 7) is 0. The Balaban J connectivity index is 1.39. The molecule has 1 atom stereocenters. The number of hydrogen-bond acceptors (Lipinski definition) is 4. The molecule has 3 heterocycles. The van der Waals surface area contributed by atoms with Crippen LogP contribution in [0.2, 0.25) is 0 Å². The molecular weight excluding hydrogens is 400 g/mol. The first kappa shape index (κ1) is 18.4. The maximum absolute atomic E-state index is 13.6. The second kappa shape index (κ2) is 6.45. The van der Waals surface area contributed by atoms with Gasteiger partial charge < -0.3 is 10.6 Å². The number of fused-ring (bicyclic) bond motifs is 2. The van der Waals surface area contributed by atoms with Gasteiger partial charge in [-0.1, -0.05) is 12.1 Å². The van der Waals surface area contributed by atoms with Gasteiger partial charge in [-0.3, -0.25) is 14.7 Å². The Morgan fingerprint density at radius 2 is 1.73 bits per heavy atom. The first-order chi connectivity index (χ1) is 14.3. The van der Waals surface area contributed by atoms with Crippen molar-refractivity contribution in [2.24, 2.45) is 0 Å². The lowest BCUT2D eigenvalue weighted by Gasteiger charge is -2.19. The number of pyridine rings is 1. The van der Waals surface area contributed by atoms with Crippen molar-refractivity contribution in [3.05, 3.63) is 77.4 Å². The molecule has 5 nitrogen and oxygen atoms in total. The van der Waals surface area contributed by atoms with Crippen LogP contribution >= 0.6 is 0 Å². The molecule has 5 rings (SSSR count). The number of benzene rings is 2. The van der Waals surface area contributed by atoms with Crippen LogP contribution in [0.5, 0.6) is 0 Å². The van der Waals surface area contributed by atoms with Gasteiger partial charge in [0, 0.05) is 11.8 Å². The molecule has 9 heteroatoms. The van der Waals surface area contributed by atoms with E-state index in [9.17, 15) is 22.4 Å². The molecular formula is C21H14F4N4O. The molecule has 2 aromatic carbocycles. The SMILES string of the molecule is O=C1Cc2ncc(F)cc2N1c1ccc(C2Nc3ccc(C(F)(F)F)cc3N2)cc1. The lowest BCUT2D eigenvalue weighted by Crippen LogP contribution is -2.21. The van der Waals surface area contributed by atoms with E-state index in [1.807, 2.05) is 0 Å². The van der Waals surface area contributed by atoms with Crippen molar-refractivity contribution in [1.82, 2.24) is 4.98 Å². The lowest BCUT2D eigenvalue weighted by atomic mass is 10.1. The molecule has 2 N–H and O–H groups in total. The fourth-order valence-corrected chi connectivity index (χ4v) is 3.72. The van der Waals surface area contributed by atoms with Crippen LogP contribution in [0.4, 0.5) is 40.3 Å². The first-order valence-corrected chi connectivity index (χ1v) is 9.11. The van der Waals surface area contributed by atoms with Gasteiger partial charge in [0.25, 0.3) is 0 Å². The van der Waals surface area contributed by atoms with Crippen LogP contribution in [-0.4, -0.2) is 10.9 Å². The maximum atomic E-state index is 13.6. The summed E-state index contributed by atoms with van der Waals surface area (Å²) < 4.78 is 52.4. The zero-order valence-corrected chi connectivity index (χ0v) is 15.3. The maximum Gasteiger partial charge on any atom is 0.416 e. The summed E-state index contributed by atoms with van der Waals surface area (Å²) in [6.07, 6.45) is -3.65. The summed E-state index contributed by atoms with van der Waals surface area (Å²) in [7, 11) is 0. The van der Waals surface area contributed by atoms with E-state index in [4.69, 9.17) is 0 Å². The third kappa shape index (κ3) is 3.02. The largest absolute Gasteiger partial charge is 0.416 e. The zero-order valence-electron chi connectivity index (χ0n) is 15.3. The molecule has 3 aromatic rings. The molecule has 0 bridgehead atoms. The number of carbonyl (C=O) groups excluding carboxylic acids is 1. The quantitative estimate of drug-likeness (QED) is 0.580. The van der Waals surface area contributed by atoms with Crippen LogP contribution in [0.1, 0.15) is 23.0 Å². The summed E-state index contributed by atoms with van der Waals surface area (Å²) in [5.41, 5.74) is 2.47. The lowest BCUT2D eigenvalue weighted by molar-refractivity contribution is -0.137. The van der Waals surface area contributed by atoms with Crippen molar-refractivity contribution >= 4 is 28.7 Å². The van der Waals surface area contributed by atoms with E-state index >= 15 is 0 Å². The van der Waals surface area contributed by atoms with E-state index in [-0.39, 0.29) is 12.3 Å². The number of carbonyl (C=O) groups is 1. The Bertz CT molecular complexity index is 1160. The van der Waals surface area contributed by atoms with Crippen molar-refractivity contribution in [2.75, 3.05) is 15.5 Å². The predicted molar refractivity (Wildman–Crippen MR) is 103 cm³/mol. The number of nitrogens with zero attached hydrogens (tertiary/aromatic N) is 2. The third-order valence-corrected chi connectivity index (χ3v) is 5.15. The van der Waals surface area contributed by atoms with E-state index in [2.05, 4.69) is 15.6 Å². The molecule has 2 aliphatic heterocycles. The number of alkyl halides is 3. The molecule has 0 radical (unpaired) electrons. The number of aromatic nitrogens is 1. The smallest absolute Gasteiger partial charge is 0.360 e. The minimum Gasteiger partial charge on any atom is -0.360 e. The van der Waals surface area contributed by atoms with E-state index < -0.39 is 23.7 Å². The molecule has 1 amide bonds. The van der Waals surface area contributed by atoms with Crippen LogP contribution in [0.3, 0.4) is 0 Å². The van der Waals surface area contributed by atoms with Gasteiger partial charge in [0.05, 0.1) is 40.9 Å². The van der Waals surface area contributed by atoms with Gasteiger partial charge in [-0.15, -0.1) is 0 Å². The number of hydrogen-bond donors (Lipinski definition) is 2. The van der Waals surface area contributed by atoms with Crippen LogP contribution < -0.4 is 15.5 Å². The highest BCUT2D eigenvalue weighted by Gasteiger charge is 2.33. The number of anilines is 4. The minimum absolute atomic E-state index is 0.0972. The molecule has 0 saturated carbocycles. The summed E-state index contributed by atoms with van der Waals surface area (Å²) in [4.78, 5) is 17.8. The highest BCUT2D eigenvalue weighted by atomic mass is 19.4. The molecule has 0 fully saturated rings. The predicted octanol–water partition coefficient (Wildman–Crippen LogP) is 5.00. The van der Waals surface area contributed by atoms with Gasteiger partial charge in [0.15, 0.2) is 0 Å². The number of amides is 1. The van der Waals surface area contributed by atoms with E-state index in [1.165, 1.54) is 17.0 Å². The third-order valence-electron chi connectivity index (χ3n) is 5.15. The van der Waals surface area contributed by atoms with Crippen molar-refractivity contribution in [1.29, 1.82) is 0 Å². The van der Waals surface area contributed by atoms with E-state index in [0.29, 0.717) is 28.4 Å². The topological polar surface area (TPSA) is 57.3 Å². The second-order valence-corrected chi connectivity index (χ2v) is 7.10. The van der Waals surface area contributed by atoms with Crippen LogP contribution in [-0.2, 0) is 17.4 Å². The number of halogens is 4. The van der Waals surface area contributed by atoms with Crippen molar-refractivity contribution in [3.8, 4) is 0 Å². The molecule has 2 aliphatic rings. The Morgan fingerprint density at radius 3 is 2.47 bits per heavy atom. The number of rotatable bonds is 2. The standard InChI is InChI=1S/C21H14F4N4O/c22-13-8-18-17(26-10-13)9-19(30)29(18)14-4-1-11(2-5-14)20-27-15-6-3-12(21(23,24)25)7-16(15)28-20/h1-8,10,20,27-28H,9H2. The molecule has 0 saturated heterocycles. The zero-order chi connectivity index (χ0) is 21.0. The van der Waals surface area contributed by atoms with Crippen LogP contribution in [0.25, 0.3) is 0 Å². The Kier molecular flexibility index (Phi) is 3.96. The second-order valence-electron chi connectivity index (χ2n) is 7.10. The highest BCUT2D eigenvalue weighted by Crippen LogP contribution is 2.40. The van der Waals surface area contributed by atoms with Crippen molar-refractivity contribution in [3.63, 3.8) is 0 Å². The van der Waals surface area contributed by atoms with Gasteiger partial charge in [0.1, 0.15) is 12.0 Å². The Hall–Kier alpha value is -3.62. The first-order valence-electron chi connectivity index (χ1n) is 9.11. The summed E-state index contributed by atoms with van der Waals surface area (Å²) in [5.74, 6) is -0.736. The van der Waals surface area contributed by atoms with Gasteiger partial charge in [0.2, 0.25) is 5.91 Å². The van der Waals surface area contributed by atoms with Crippen LogP contribution in [0, 0.1) is 5.82 Å². The minimum atomic E-state index is -4.41. The average Bonchev–Trinajstić information content (AvgIpc) is 3.27. The van der Waals surface area contributed by atoms with Gasteiger partial charge in [-0.25, -0.2) is 4.39 Å². The fraction of sp³-hybridized carbons (Fsp3) is 0.143. The van der Waals surface area contributed by atoms with E-state index in [0.717, 1.165) is 23.9 Å². The molecule has 152 valence electrons. The summed E-state index contributed by atoms with van der Waals surface area (Å²) >= 11 is 0.